The lowest BCUT2D eigenvalue weighted by Crippen LogP contribution is -2.52. The van der Waals surface area contributed by atoms with Gasteiger partial charge in [0.2, 0.25) is 0 Å². The Labute approximate surface area is 222 Å². The van der Waals surface area contributed by atoms with E-state index >= 15 is 0 Å². The number of benzene rings is 2. The zero-order valence-corrected chi connectivity index (χ0v) is 22.9. The minimum atomic E-state index is -0.468. The van der Waals surface area contributed by atoms with Gasteiger partial charge in [-0.2, -0.15) is 0 Å². The van der Waals surface area contributed by atoms with Gasteiger partial charge in [-0.25, -0.2) is 9.78 Å². The number of amides is 1. The molecule has 7 heteroatoms. The van der Waals surface area contributed by atoms with Crippen LogP contribution in [-0.4, -0.2) is 40.3 Å². The largest absolute Gasteiger partial charge is 0.487 e. The highest BCUT2D eigenvalue weighted by atomic mass is 32.2. The van der Waals surface area contributed by atoms with Crippen LogP contribution in [0.4, 0.5) is 4.79 Å². The van der Waals surface area contributed by atoms with Crippen LogP contribution >= 0.6 is 23.1 Å². The molecule has 3 heterocycles. The molecule has 190 valence electrons. The number of hydrogen-bond acceptors (Lipinski definition) is 6. The van der Waals surface area contributed by atoms with Gasteiger partial charge < -0.3 is 14.4 Å². The van der Waals surface area contributed by atoms with Gasteiger partial charge in [0.05, 0.1) is 4.88 Å². The van der Waals surface area contributed by atoms with E-state index in [1.54, 1.807) is 11.3 Å². The predicted molar refractivity (Wildman–Crippen MR) is 148 cm³/mol. The van der Waals surface area contributed by atoms with Gasteiger partial charge in [0.15, 0.2) is 0 Å². The lowest BCUT2D eigenvalue weighted by Gasteiger charge is -2.44. The van der Waals surface area contributed by atoms with E-state index in [0.29, 0.717) is 13.1 Å². The summed E-state index contributed by atoms with van der Waals surface area (Å²) >= 11 is 3.68. The zero-order valence-electron chi connectivity index (χ0n) is 21.3. The summed E-state index contributed by atoms with van der Waals surface area (Å²) in [5.41, 5.74) is 3.18. The molecule has 1 spiro atoms. The molecule has 5 nitrogen and oxygen atoms in total. The van der Waals surface area contributed by atoms with Gasteiger partial charge in [-0.3, -0.25) is 0 Å². The van der Waals surface area contributed by atoms with Crippen LogP contribution in [-0.2, 0) is 22.7 Å². The number of likely N-dealkylation sites (tertiary alicyclic amines) is 1. The molecule has 0 radical (unpaired) electrons. The summed E-state index contributed by atoms with van der Waals surface area (Å²) in [5, 5.41) is 1.16. The predicted octanol–water partition coefficient (Wildman–Crippen LogP) is 7.34. The first kappa shape index (κ1) is 25.2. The van der Waals surface area contributed by atoms with Crippen LogP contribution in [0.5, 0.6) is 5.75 Å². The molecule has 1 saturated heterocycles. The van der Waals surface area contributed by atoms with E-state index in [1.807, 2.05) is 43.6 Å². The van der Waals surface area contributed by atoms with Crippen LogP contribution in [0.2, 0.25) is 0 Å². The van der Waals surface area contributed by atoms with Gasteiger partial charge in [-0.05, 0) is 68.5 Å². The number of carbonyl (C=O) groups is 1. The van der Waals surface area contributed by atoms with Crippen molar-refractivity contribution < 1.29 is 14.3 Å². The van der Waals surface area contributed by atoms with E-state index < -0.39 is 5.60 Å². The van der Waals surface area contributed by atoms with Crippen molar-refractivity contribution in [2.45, 2.75) is 69.2 Å². The quantitative estimate of drug-likeness (QED) is 0.351. The molecular weight excluding hydrogens is 488 g/mol. The third-order valence-corrected chi connectivity index (χ3v) is 8.98. The van der Waals surface area contributed by atoms with E-state index in [-0.39, 0.29) is 11.7 Å². The molecule has 0 aliphatic carbocycles. The standard InChI is InChI=1S/C29H34N2O3S2/c1-28(2,3)34-27(32)31-15-13-29(14-16-31)12-11-22-17-23(9-10-24(22)33-29)25-18-30-26(36-25)20-35-19-21-7-5-4-6-8-21/h4-10,17-18H,11-16,19-20H2,1-3H3. The van der Waals surface area contributed by atoms with E-state index in [9.17, 15) is 4.79 Å². The van der Waals surface area contributed by atoms with Crippen LogP contribution in [0.15, 0.2) is 54.7 Å². The number of ether oxygens (including phenoxy) is 2. The van der Waals surface area contributed by atoms with E-state index in [1.165, 1.54) is 21.6 Å². The van der Waals surface area contributed by atoms with Crippen LogP contribution in [0.25, 0.3) is 10.4 Å². The number of hydrogen-bond donors (Lipinski definition) is 0. The average Bonchev–Trinajstić information content (AvgIpc) is 3.33. The molecule has 0 saturated carbocycles. The summed E-state index contributed by atoms with van der Waals surface area (Å²) in [7, 11) is 0. The molecule has 3 aromatic rings. The minimum absolute atomic E-state index is 0.180. The number of thioether (sulfide) groups is 1. The second-order valence-electron chi connectivity index (χ2n) is 10.7. The molecule has 0 N–H and O–H groups in total. The summed E-state index contributed by atoms with van der Waals surface area (Å²) in [6, 6.07) is 17.1. The Morgan fingerprint density at radius 2 is 1.89 bits per heavy atom. The summed E-state index contributed by atoms with van der Waals surface area (Å²) in [6.45, 7) is 7.07. The Bertz CT molecular complexity index is 1190. The van der Waals surface area contributed by atoms with Gasteiger partial charge >= 0.3 is 6.09 Å². The molecule has 0 bridgehead atoms. The number of rotatable bonds is 5. The van der Waals surface area contributed by atoms with Gasteiger partial charge in [0.25, 0.3) is 0 Å². The van der Waals surface area contributed by atoms with Gasteiger partial charge in [-0.1, -0.05) is 30.3 Å². The molecule has 1 fully saturated rings. The van der Waals surface area contributed by atoms with Crippen molar-refractivity contribution >= 4 is 29.2 Å². The zero-order chi connectivity index (χ0) is 25.2. The van der Waals surface area contributed by atoms with E-state index in [4.69, 9.17) is 9.47 Å². The molecule has 1 aromatic heterocycles. The highest BCUT2D eigenvalue weighted by molar-refractivity contribution is 7.97. The molecule has 2 aromatic carbocycles. The fraction of sp³-hybridized carbons (Fsp3) is 0.448. The number of fused-ring (bicyclic) bond motifs is 1. The van der Waals surface area contributed by atoms with Crippen LogP contribution in [0, 0.1) is 0 Å². The number of nitrogens with zero attached hydrogens (tertiary/aromatic N) is 2. The van der Waals surface area contributed by atoms with Gasteiger partial charge in [-0.15, -0.1) is 23.1 Å². The number of aromatic nitrogens is 1. The molecule has 2 aliphatic rings. The first-order valence-electron chi connectivity index (χ1n) is 12.7. The Morgan fingerprint density at radius 1 is 1.11 bits per heavy atom. The highest BCUT2D eigenvalue weighted by Gasteiger charge is 2.41. The first-order chi connectivity index (χ1) is 17.3. The smallest absolute Gasteiger partial charge is 0.410 e. The third-order valence-electron chi connectivity index (χ3n) is 6.74. The number of thiazole rings is 1. The summed E-state index contributed by atoms with van der Waals surface area (Å²) in [5.74, 6) is 2.92. The molecule has 2 aliphatic heterocycles. The Kier molecular flexibility index (Phi) is 7.31. The maximum Gasteiger partial charge on any atom is 0.410 e. The van der Waals surface area contributed by atoms with Crippen molar-refractivity contribution in [3.8, 4) is 16.2 Å². The van der Waals surface area contributed by atoms with Crippen molar-refractivity contribution in [1.82, 2.24) is 9.88 Å². The van der Waals surface area contributed by atoms with Gasteiger partial charge in [0, 0.05) is 43.6 Å². The summed E-state index contributed by atoms with van der Waals surface area (Å²) in [6.07, 6.45) is 5.44. The van der Waals surface area contributed by atoms with Crippen molar-refractivity contribution in [3.63, 3.8) is 0 Å². The molecule has 5 rings (SSSR count). The normalized spacial score (nSPS) is 16.9. The fourth-order valence-corrected chi connectivity index (χ4v) is 6.77. The first-order valence-corrected chi connectivity index (χ1v) is 14.6. The van der Waals surface area contributed by atoms with Crippen LogP contribution in [0.1, 0.15) is 56.2 Å². The lowest BCUT2D eigenvalue weighted by atomic mass is 9.83. The second kappa shape index (κ2) is 10.5. The van der Waals surface area contributed by atoms with Crippen molar-refractivity contribution in [3.05, 3.63) is 70.9 Å². The number of aryl methyl sites for hydroxylation is 1. The van der Waals surface area contributed by atoms with Crippen LogP contribution in [0.3, 0.4) is 0 Å². The van der Waals surface area contributed by atoms with Crippen molar-refractivity contribution in [2.75, 3.05) is 13.1 Å². The van der Waals surface area contributed by atoms with E-state index in [2.05, 4.69) is 53.5 Å². The number of carbonyl (C=O) groups excluding carboxylic acids is 1. The monoisotopic (exact) mass is 522 g/mol. The number of piperidine rings is 1. The minimum Gasteiger partial charge on any atom is -0.487 e. The highest BCUT2D eigenvalue weighted by Crippen LogP contribution is 2.41. The molecular formula is C29H34N2O3S2. The average molecular weight is 523 g/mol. The lowest BCUT2D eigenvalue weighted by molar-refractivity contribution is -0.0272. The van der Waals surface area contributed by atoms with Crippen molar-refractivity contribution in [1.29, 1.82) is 0 Å². The fourth-order valence-electron chi connectivity index (χ4n) is 4.79. The second-order valence-corrected chi connectivity index (χ2v) is 12.8. The Morgan fingerprint density at radius 3 is 2.64 bits per heavy atom. The van der Waals surface area contributed by atoms with Crippen molar-refractivity contribution in [2.24, 2.45) is 0 Å². The maximum absolute atomic E-state index is 12.4. The maximum atomic E-state index is 12.4. The third kappa shape index (κ3) is 6.06. The Hall–Kier alpha value is -2.51. The Balaban J connectivity index is 1.17. The van der Waals surface area contributed by atoms with Gasteiger partial charge in [0.1, 0.15) is 22.0 Å². The molecule has 36 heavy (non-hydrogen) atoms. The molecule has 0 unspecified atom stereocenters. The SMILES string of the molecule is CC(C)(C)OC(=O)N1CCC2(CCc3cc(-c4cnc(CSCc5ccccc5)s4)ccc3O2)CC1. The molecule has 1 amide bonds. The van der Waals surface area contributed by atoms with E-state index in [0.717, 1.165) is 47.9 Å². The summed E-state index contributed by atoms with van der Waals surface area (Å²) < 4.78 is 12.1. The topological polar surface area (TPSA) is 51.7 Å². The molecule has 0 atom stereocenters. The van der Waals surface area contributed by atoms with Crippen LogP contribution < -0.4 is 4.74 Å². The summed E-state index contributed by atoms with van der Waals surface area (Å²) in [4.78, 5) is 20.1.